The van der Waals surface area contributed by atoms with E-state index in [1.54, 1.807) is 18.2 Å². The molecule has 2 N–H and O–H groups in total. The van der Waals surface area contributed by atoms with Gasteiger partial charge in [0.25, 0.3) is 0 Å². The molecule has 0 amide bonds. The molecule has 0 saturated carbocycles. The molecule has 0 bridgehead atoms. The Morgan fingerprint density at radius 1 is 1.31 bits per heavy atom. The van der Waals surface area contributed by atoms with Gasteiger partial charge in [-0.1, -0.05) is 18.2 Å². The highest BCUT2D eigenvalue weighted by Crippen LogP contribution is 2.17. The van der Waals surface area contributed by atoms with E-state index in [-0.39, 0.29) is 12.2 Å². The summed E-state index contributed by atoms with van der Waals surface area (Å²) in [5.74, 6) is -0.552. The van der Waals surface area contributed by atoms with E-state index in [0.29, 0.717) is 12.8 Å². The van der Waals surface area contributed by atoms with Crippen LogP contribution in [0.2, 0.25) is 0 Å². The lowest BCUT2D eigenvalue weighted by molar-refractivity contribution is -0.137. The van der Waals surface area contributed by atoms with Gasteiger partial charge in [0.05, 0.1) is 0 Å². The maximum atomic E-state index is 10.2. The molecule has 1 aromatic carbocycles. The summed E-state index contributed by atoms with van der Waals surface area (Å²) in [6, 6.07) is 6.99. The van der Waals surface area contributed by atoms with Crippen LogP contribution in [0.15, 0.2) is 24.3 Å². The number of carboxylic acid groups (broad SMARTS) is 1. The van der Waals surface area contributed by atoms with E-state index < -0.39 is 5.97 Å². The normalized spacial score (nSPS) is 9.85. The van der Waals surface area contributed by atoms with Crippen LogP contribution in [0, 0.1) is 0 Å². The number of rotatable bonds is 4. The zero-order chi connectivity index (χ0) is 9.68. The summed E-state index contributed by atoms with van der Waals surface area (Å²) in [6.45, 7) is 0. The Morgan fingerprint density at radius 3 is 2.62 bits per heavy atom. The lowest BCUT2D eigenvalue weighted by Gasteiger charge is -2.01. The molecule has 0 aromatic heterocycles. The quantitative estimate of drug-likeness (QED) is 0.742. The maximum absolute atomic E-state index is 10.2. The largest absolute Gasteiger partial charge is 0.508 e. The Balaban J connectivity index is 2.45. The molecule has 0 saturated heterocycles. The summed E-state index contributed by atoms with van der Waals surface area (Å²) in [4.78, 5) is 10.2. The highest BCUT2D eigenvalue weighted by atomic mass is 16.4. The highest BCUT2D eigenvalue weighted by molar-refractivity contribution is 5.66. The van der Waals surface area contributed by atoms with Crippen LogP contribution in [0.25, 0.3) is 0 Å². The number of phenolic OH excluding ortho intramolecular Hbond substituents is 1. The molecular formula is C10H12O3. The molecule has 3 nitrogen and oxygen atoms in total. The number of aliphatic carboxylic acids is 1. The highest BCUT2D eigenvalue weighted by Gasteiger charge is 2.01. The van der Waals surface area contributed by atoms with E-state index in [9.17, 15) is 9.90 Å². The minimum Gasteiger partial charge on any atom is -0.508 e. The van der Waals surface area contributed by atoms with Crippen molar-refractivity contribution in [3.05, 3.63) is 29.8 Å². The summed E-state index contributed by atoms with van der Waals surface area (Å²) >= 11 is 0. The van der Waals surface area contributed by atoms with Crippen LogP contribution in [0.1, 0.15) is 18.4 Å². The number of carboxylic acids is 1. The molecule has 1 aromatic rings. The number of aromatic hydroxyl groups is 1. The fourth-order valence-corrected chi connectivity index (χ4v) is 1.15. The number of para-hydroxylation sites is 1. The zero-order valence-corrected chi connectivity index (χ0v) is 7.23. The van der Waals surface area contributed by atoms with Crippen molar-refractivity contribution in [2.45, 2.75) is 19.3 Å². The first-order valence-corrected chi connectivity index (χ1v) is 4.19. The number of phenols is 1. The van der Waals surface area contributed by atoms with E-state index in [4.69, 9.17) is 5.11 Å². The number of hydrogen-bond donors (Lipinski definition) is 2. The third-order valence-electron chi connectivity index (χ3n) is 1.83. The second kappa shape index (κ2) is 4.50. The fraction of sp³-hybridized carbons (Fsp3) is 0.300. The van der Waals surface area contributed by atoms with Crippen LogP contribution >= 0.6 is 0 Å². The van der Waals surface area contributed by atoms with E-state index >= 15 is 0 Å². The molecular weight excluding hydrogens is 168 g/mol. The van der Waals surface area contributed by atoms with Gasteiger partial charge in [-0.15, -0.1) is 0 Å². The average Bonchev–Trinajstić information content (AvgIpc) is 2.08. The van der Waals surface area contributed by atoms with Gasteiger partial charge in [-0.3, -0.25) is 4.79 Å². The second-order valence-corrected chi connectivity index (χ2v) is 2.88. The standard InChI is InChI=1S/C10H12O3/c11-9-6-2-1-4-8(9)5-3-7-10(12)13/h1-2,4,6,11H,3,5,7H2,(H,12,13). The van der Waals surface area contributed by atoms with E-state index in [1.807, 2.05) is 6.07 Å². The van der Waals surface area contributed by atoms with Crippen molar-refractivity contribution in [2.24, 2.45) is 0 Å². The van der Waals surface area contributed by atoms with Crippen LogP contribution in [0.4, 0.5) is 0 Å². The first kappa shape index (κ1) is 9.58. The van der Waals surface area contributed by atoms with Gasteiger partial charge in [-0.05, 0) is 24.5 Å². The van der Waals surface area contributed by atoms with Gasteiger partial charge in [-0.2, -0.15) is 0 Å². The van der Waals surface area contributed by atoms with Crippen LogP contribution in [-0.2, 0) is 11.2 Å². The minimum atomic E-state index is -0.796. The third kappa shape index (κ3) is 3.15. The SMILES string of the molecule is O=C(O)CCCc1ccccc1O. The Labute approximate surface area is 76.6 Å². The van der Waals surface area contributed by atoms with Gasteiger partial charge in [0.2, 0.25) is 0 Å². The lowest BCUT2D eigenvalue weighted by Crippen LogP contribution is -1.95. The predicted molar refractivity (Wildman–Crippen MR) is 48.7 cm³/mol. The monoisotopic (exact) mass is 180 g/mol. The van der Waals surface area contributed by atoms with Crippen molar-refractivity contribution < 1.29 is 15.0 Å². The Morgan fingerprint density at radius 2 is 2.00 bits per heavy atom. The van der Waals surface area contributed by atoms with Crippen molar-refractivity contribution in [2.75, 3.05) is 0 Å². The summed E-state index contributed by atoms with van der Waals surface area (Å²) in [7, 11) is 0. The van der Waals surface area contributed by atoms with Crippen LogP contribution in [0.3, 0.4) is 0 Å². The molecule has 0 atom stereocenters. The fourth-order valence-electron chi connectivity index (χ4n) is 1.15. The smallest absolute Gasteiger partial charge is 0.303 e. The van der Waals surface area contributed by atoms with Gasteiger partial charge in [-0.25, -0.2) is 0 Å². The molecule has 0 aliphatic rings. The minimum absolute atomic E-state index is 0.147. The molecule has 0 spiro atoms. The summed E-state index contributed by atoms with van der Waals surface area (Å²) in [5, 5.41) is 17.7. The van der Waals surface area contributed by atoms with Crippen molar-refractivity contribution in [1.82, 2.24) is 0 Å². The van der Waals surface area contributed by atoms with Crippen molar-refractivity contribution in [1.29, 1.82) is 0 Å². The summed E-state index contributed by atoms with van der Waals surface area (Å²) in [5.41, 5.74) is 0.809. The first-order chi connectivity index (χ1) is 6.20. The molecule has 0 radical (unpaired) electrons. The first-order valence-electron chi connectivity index (χ1n) is 4.19. The lowest BCUT2D eigenvalue weighted by atomic mass is 10.1. The third-order valence-corrected chi connectivity index (χ3v) is 1.83. The predicted octanol–water partition coefficient (Wildman–Crippen LogP) is 1.80. The molecule has 0 aliphatic carbocycles. The zero-order valence-electron chi connectivity index (χ0n) is 7.23. The molecule has 13 heavy (non-hydrogen) atoms. The van der Waals surface area contributed by atoms with Gasteiger partial charge in [0.15, 0.2) is 0 Å². The van der Waals surface area contributed by atoms with E-state index in [2.05, 4.69) is 0 Å². The topological polar surface area (TPSA) is 57.5 Å². The van der Waals surface area contributed by atoms with Crippen LogP contribution < -0.4 is 0 Å². The number of carbonyl (C=O) groups is 1. The Hall–Kier alpha value is -1.51. The van der Waals surface area contributed by atoms with Crippen molar-refractivity contribution >= 4 is 5.97 Å². The number of hydrogen-bond acceptors (Lipinski definition) is 2. The Kier molecular flexibility index (Phi) is 3.31. The number of benzene rings is 1. The molecule has 0 unspecified atom stereocenters. The molecule has 0 aliphatic heterocycles. The van der Waals surface area contributed by atoms with Gasteiger partial charge < -0.3 is 10.2 Å². The Bertz CT molecular complexity index is 294. The van der Waals surface area contributed by atoms with Gasteiger partial charge >= 0.3 is 5.97 Å². The molecule has 1 rings (SSSR count). The van der Waals surface area contributed by atoms with Gasteiger partial charge in [0.1, 0.15) is 5.75 Å². The molecule has 0 heterocycles. The van der Waals surface area contributed by atoms with Crippen LogP contribution in [-0.4, -0.2) is 16.2 Å². The maximum Gasteiger partial charge on any atom is 0.303 e. The molecule has 3 heteroatoms. The van der Waals surface area contributed by atoms with E-state index in [1.165, 1.54) is 0 Å². The van der Waals surface area contributed by atoms with Crippen molar-refractivity contribution in [3.8, 4) is 5.75 Å². The number of aryl methyl sites for hydroxylation is 1. The van der Waals surface area contributed by atoms with Crippen LogP contribution in [0.5, 0.6) is 5.75 Å². The van der Waals surface area contributed by atoms with E-state index in [0.717, 1.165) is 5.56 Å². The second-order valence-electron chi connectivity index (χ2n) is 2.88. The van der Waals surface area contributed by atoms with Crippen molar-refractivity contribution in [3.63, 3.8) is 0 Å². The summed E-state index contributed by atoms with van der Waals surface area (Å²) in [6.07, 6.45) is 1.32. The summed E-state index contributed by atoms with van der Waals surface area (Å²) < 4.78 is 0. The molecule has 0 fully saturated rings. The average molecular weight is 180 g/mol. The van der Waals surface area contributed by atoms with Gasteiger partial charge in [0, 0.05) is 6.42 Å². The molecule has 70 valence electrons.